The summed E-state index contributed by atoms with van der Waals surface area (Å²) in [5.41, 5.74) is 5.56. The number of benzene rings is 1. The van der Waals surface area contributed by atoms with Gasteiger partial charge in [-0.3, -0.25) is 14.4 Å². The predicted octanol–water partition coefficient (Wildman–Crippen LogP) is 1.27. The van der Waals surface area contributed by atoms with E-state index in [0.29, 0.717) is 0 Å². The molecule has 9 heteroatoms. The Kier molecular flexibility index (Phi) is 9.28. The van der Waals surface area contributed by atoms with Crippen molar-refractivity contribution in [3.63, 3.8) is 0 Å². The third-order valence-electron chi connectivity index (χ3n) is 3.78. The Labute approximate surface area is 150 Å². The Morgan fingerprint density at radius 1 is 1.27 bits per heavy atom. The minimum Gasteiger partial charge on any atom is -0.505 e. The smallest absolute Gasteiger partial charge is 0.320 e. The molecule has 0 radical (unpaired) electrons. The van der Waals surface area contributed by atoms with Crippen molar-refractivity contribution in [3.8, 4) is 5.75 Å². The van der Waals surface area contributed by atoms with Gasteiger partial charge in [-0.25, -0.2) is 4.39 Å². The van der Waals surface area contributed by atoms with Gasteiger partial charge in [0.1, 0.15) is 6.04 Å². The van der Waals surface area contributed by atoms with Crippen LogP contribution in [0.4, 0.5) is 4.39 Å². The van der Waals surface area contributed by atoms with Gasteiger partial charge in [-0.15, -0.1) is 0 Å². The van der Waals surface area contributed by atoms with E-state index in [1.165, 1.54) is 14.0 Å². The molecule has 0 aliphatic heterocycles. The molecule has 1 aromatic carbocycles. The third-order valence-corrected chi connectivity index (χ3v) is 3.78. The van der Waals surface area contributed by atoms with E-state index in [4.69, 9.17) is 15.9 Å². The van der Waals surface area contributed by atoms with Crippen LogP contribution < -0.4 is 11.1 Å². The summed E-state index contributed by atoms with van der Waals surface area (Å²) in [6.07, 6.45) is -0.677. The molecule has 0 aliphatic rings. The molecule has 26 heavy (non-hydrogen) atoms. The molecular weight excluding hydrogens is 347 g/mol. The first-order valence-electron chi connectivity index (χ1n) is 8.03. The highest BCUT2D eigenvalue weighted by atomic mass is 19.1. The van der Waals surface area contributed by atoms with Gasteiger partial charge in [0, 0.05) is 7.05 Å². The van der Waals surface area contributed by atoms with Crippen molar-refractivity contribution < 1.29 is 34.1 Å². The topological polar surface area (TPSA) is 150 Å². The summed E-state index contributed by atoms with van der Waals surface area (Å²) in [6.45, 7) is 5.42. The van der Waals surface area contributed by atoms with E-state index in [1.807, 2.05) is 13.8 Å². The van der Waals surface area contributed by atoms with Crippen molar-refractivity contribution in [1.82, 2.24) is 5.32 Å². The number of phenols is 1. The van der Waals surface area contributed by atoms with Gasteiger partial charge in [-0.2, -0.15) is 0 Å². The van der Waals surface area contributed by atoms with E-state index >= 15 is 0 Å². The fourth-order valence-corrected chi connectivity index (χ4v) is 2.43. The summed E-state index contributed by atoms with van der Waals surface area (Å²) in [7, 11) is 1.29. The highest BCUT2D eigenvalue weighted by Crippen LogP contribution is 2.29. The molecule has 6 N–H and O–H groups in total. The van der Waals surface area contributed by atoms with E-state index in [2.05, 4.69) is 5.32 Å². The summed E-state index contributed by atoms with van der Waals surface area (Å²) in [5, 5.41) is 29.8. The number of halogens is 1. The van der Waals surface area contributed by atoms with Crippen molar-refractivity contribution in [3.05, 3.63) is 28.6 Å². The van der Waals surface area contributed by atoms with Gasteiger partial charge in [0.15, 0.2) is 11.6 Å². The van der Waals surface area contributed by atoms with E-state index in [-0.39, 0.29) is 23.1 Å². The quantitative estimate of drug-likeness (QED) is 0.483. The molecule has 0 bridgehead atoms. The SMILES string of the molecule is CC.CNC(=O)c1c(C)c(CC(CC(=O)O)C(N)C(=O)O)cc(O)c1F. The van der Waals surface area contributed by atoms with Crippen LogP contribution in [0.5, 0.6) is 5.75 Å². The first-order valence-corrected chi connectivity index (χ1v) is 8.03. The molecule has 0 heterocycles. The highest BCUT2D eigenvalue weighted by molar-refractivity contribution is 5.96. The van der Waals surface area contributed by atoms with Crippen LogP contribution in [-0.2, 0) is 16.0 Å². The van der Waals surface area contributed by atoms with E-state index in [0.717, 1.165) is 6.07 Å². The Morgan fingerprint density at radius 3 is 2.23 bits per heavy atom. The molecule has 1 rings (SSSR count). The lowest BCUT2D eigenvalue weighted by molar-refractivity contribution is -0.142. The predicted molar refractivity (Wildman–Crippen MR) is 92.6 cm³/mol. The van der Waals surface area contributed by atoms with Crippen molar-refractivity contribution in [2.75, 3.05) is 7.05 Å². The molecule has 0 aromatic heterocycles. The second-order valence-corrected chi connectivity index (χ2v) is 5.37. The molecule has 2 unspecified atom stereocenters. The monoisotopic (exact) mass is 372 g/mol. The number of aliphatic carboxylic acids is 2. The van der Waals surface area contributed by atoms with Crippen molar-refractivity contribution in [2.45, 2.75) is 39.7 Å². The number of aromatic hydroxyl groups is 1. The Hall–Kier alpha value is -2.68. The van der Waals surface area contributed by atoms with Gasteiger partial charge >= 0.3 is 11.9 Å². The lowest BCUT2D eigenvalue weighted by Crippen LogP contribution is -2.40. The normalized spacial score (nSPS) is 12.4. The van der Waals surface area contributed by atoms with Crippen LogP contribution in [0.3, 0.4) is 0 Å². The number of carboxylic acids is 2. The minimum absolute atomic E-state index is 0.149. The summed E-state index contributed by atoms with van der Waals surface area (Å²) in [5.74, 6) is -6.27. The number of carboxylic acid groups (broad SMARTS) is 2. The zero-order chi connectivity index (χ0) is 20.6. The molecular formula is C17H25FN2O6. The Morgan fingerprint density at radius 2 is 1.81 bits per heavy atom. The number of phenolic OH excluding ortho intramolecular Hbond substituents is 1. The Bertz CT molecular complexity index is 678. The first-order chi connectivity index (χ1) is 12.1. The third kappa shape index (κ3) is 5.69. The van der Waals surface area contributed by atoms with Gasteiger partial charge in [0.05, 0.1) is 12.0 Å². The average Bonchev–Trinajstić information content (AvgIpc) is 2.59. The van der Waals surface area contributed by atoms with Gasteiger partial charge in [-0.05, 0) is 36.5 Å². The second-order valence-electron chi connectivity index (χ2n) is 5.37. The van der Waals surface area contributed by atoms with Crippen LogP contribution >= 0.6 is 0 Å². The number of amides is 1. The number of rotatable bonds is 7. The number of carbonyl (C=O) groups is 3. The van der Waals surface area contributed by atoms with Crippen molar-refractivity contribution in [2.24, 2.45) is 11.7 Å². The number of hydrogen-bond acceptors (Lipinski definition) is 5. The highest BCUT2D eigenvalue weighted by Gasteiger charge is 2.29. The lowest BCUT2D eigenvalue weighted by atomic mass is 9.86. The second kappa shape index (κ2) is 10.3. The lowest BCUT2D eigenvalue weighted by Gasteiger charge is -2.21. The molecule has 0 aliphatic carbocycles. The number of nitrogens with two attached hydrogens (primary N) is 1. The Balaban J connectivity index is 0.00000301. The molecule has 146 valence electrons. The standard InChI is InChI=1S/C15H19FN2O6.C2H6/c1-6-7(3-8(5-10(20)21)13(17)15(23)24)4-9(19)12(16)11(6)14(22)18-2;1-2/h4,8,13,19H,3,5,17H2,1-2H3,(H,18,22)(H,20,21)(H,23,24);1-2H3. The molecule has 0 spiro atoms. The largest absolute Gasteiger partial charge is 0.505 e. The zero-order valence-electron chi connectivity index (χ0n) is 15.2. The van der Waals surface area contributed by atoms with Gasteiger partial charge in [0.2, 0.25) is 0 Å². The van der Waals surface area contributed by atoms with Crippen molar-refractivity contribution >= 4 is 17.8 Å². The van der Waals surface area contributed by atoms with Crippen LogP contribution in [0, 0.1) is 18.7 Å². The maximum Gasteiger partial charge on any atom is 0.320 e. The summed E-state index contributed by atoms with van der Waals surface area (Å²) in [4.78, 5) is 33.8. The first kappa shape index (κ1) is 23.3. The van der Waals surface area contributed by atoms with Crippen LogP contribution in [0.1, 0.15) is 41.8 Å². The van der Waals surface area contributed by atoms with Crippen LogP contribution in [0.2, 0.25) is 0 Å². The molecule has 0 saturated carbocycles. The summed E-state index contributed by atoms with van der Waals surface area (Å²) < 4.78 is 14.0. The maximum atomic E-state index is 14.0. The minimum atomic E-state index is -1.46. The van der Waals surface area contributed by atoms with E-state index in [9.17, 15) is 23.9 Å². The van der Waals surface area contributed by atoms with Crippen LogP contribution in [-0.4, -0.2) is 46.3 Å². The molecule has 8 nitrogen and oxygen atoms in total. The maximum absolute atomic E-state index is 14.0. The van der Waals surface area contributed by atoms with Gasteiger partial charge in [0.25, 0.3) is 5.91 Å². The van der Waals surface area contributed by atoms with E-state index in [1.54, 1.807) is 0 Å². The summed E-state index contributed by atoms with van der Waals surface area (Å²) >= 11 is 0. The molecule has 0 saturated heterocycles. The molecule has 1 aromatic rings. The fraction of sp³-hybridized carbons (Fsp3) is 0.471. The number of nitrogens with one attached hydrogen (secondary N) is 1. The number of hydrogen-bond donors (Lipinski definition) is 5. The van der Waals surface area contributed by atoms with E-state index < -0.39 is 47.8 Å². The molecule has 2 atom stereocenters. The number of carbonyl (C=O) groups excluding carboxylic acids is 1. The molecule has 1 amide bonds. The summed E-state index contributed by atoms with van der Waals surface area (Å²) in [6, 6.07) is -0.420. The van der Waals surface area contributed by atoms with Crippen molar-refractivity contribution in [1.29, 1.82) is 0 Å². The zero-order valence-corrected chi connectivity index (χ0v) is 15.2. The molecule has 0 fully saturated rings. The average molecular weight is 372 g/mol. The van der Waals surface area contributed by atoms with Crippen LogP contribution in [0.15, 0.2) is 6.07 Å². The van der Waals surface area contributed by atoms with Gasteiger partial charge < -0.3 is 26.4 Å². The fourth-order valence-electron chi connectivity index (χ4n) is 2.43. The van der Waals surface area contributed by atoms with Gasteiger partial charge in [-0.1, -0.05) is 13.8 Å². The van der Waals surface area contributed by atoms with Crippen LogP contribution in [0.25, 0.3) is 0 Å².